The number of nitrogens with zero attached hydrogens (tertiary/aromatic N) is 2. The fourth-order valence-electron chi connectivity index (χ4n) is 1.82. The lowest BCUT2D eigenvalue weighted by Gasteiger charge is -2.33. The third-order valence-electron chi connectivity index (χ3n) is 2.83. The van der Waals surface area contributed by atoms with Gasteiger partial charge >= 0.3 is 5.97 Å². The van der Waals surface area contributed by atoms with E-state index in [9.17, 15) is 9.59 Å². The standard InChI is InChI=1S/C10H12N2O3/c1-6-4-9(13)12(11-5-6)8-3-2-7(8)10(14)15/h4-5,7-8H,2-3H2,1H3,(H,14,15). The van der Waals surface area contributed by atoms with Gasteiger partial charge in [-0.2, -0.15) is 5.10 Å². The molecule has 1 N–H and O–H groups in total. The minimum atomic E-state index is -0.847. The second-order valence-corrected chi connectivity index (χ2v) is 3.91. The van der Waals surface area contributed by atoms with Crippen molar-refractivity contribution in [3.8, 4) is 0 Å². The number of carbonyl (C=O) groups is 1. The summed E-state index contributed by atoms with van der Waals surface area (Å²) in [6.07, 6.45) is 2.92. The fraction of sp³-hybridized carbons (Fsp3) is 0.500. The molecule has 1 aliphatic carbocycles. The molecule has 0 saturated heterocycles. The summed E-state index contributed by atoms with van der Waals surface area (Å²) in [5, 5.41) is 12.8. The summed E-state index contributed by atoms with van der Waals surface area (Å²) in [6, 6.07) is 1.21. The highest BCUT2D eigenvalue weighted by Crippen LogP contribution is 2.37. The Morgan fingerprint density at radius 1 is 1.60 bits per heavy atom. The first-order valence-electron chi connectivity index (χ1n) is 4.88. The van der Waals surface area contributed by atoms with Crippen molar-refractivity contribution in [2.24, 2.45) is 5.92 Å². The Kier molecular flexibility index (Phi) is 2.30. The number of aliphatic carboxylic acids is 1. The summed E-state index contributed by atoms with van der Waals surface area (Å²) in [5.74, 6) is -1.31. The fourth-order valence-corrected chi connectivity index (χ4v) is 1.82. The monoisotopic (exact) mass is 208 g/mol. The largest absolute Gasteiger partial charge is 0.481 e. The molecule has 1 fully saturated rings. The molecule has 1 aromatic heterocycles. The second kappa shape index (κ2) is 3.49. The number of hydrogen-bond acceptors (Lipinski definition) is 3. The van der Waals surface area contributed by atoms with Crippen molar-refractivity contribution in [3.05, 3.63) is 28.2 Å². The number of hydrogen-bond donors (Lipinski definition) is 1. The maximum absolute atomic E-state index is 11.5. The van der Waals surface area contributed by atoms with Crippen molar-refractivity contribution in [1.82, 2.24) is 9.78 Å². The summed E-state index contributed by atoms with van der Waals surface area (Å²) in [5.41, 5.74) is 0.577. The predicted octanol–water partition coefficient (Wildman–Crippen LogP) is 0.587. The lowest BCUT2D eigenvalue weighted by Crippen LogP contribution is -2.40. The Bertz CT molecular complexity index is 452. The van der Waals surface area contributed by atoms with E-state index in [0.717, 1.165) is 5.56 Å². The van der Waals surface area contributed by atoms with Crippen LogP contribution in [0.1, 0.15) is 24.4 Å². The zero-order valence-electron chi connectivity index (χ0n) is 8.38. The zero-order valence-corrected chi connectivity index (χ0v) is 8.38. The van der Waals surface area contributed by atoms with Crippen LogP contribution in [0.25, 0.3) is 0 Å². The van der Waals surface area contributed by atoms with Crippen LogP contribution in [0.4, 0.5) is 0 Å². The van der Waals surface area contributed by atoms with Gasteiger partial charge in [-0.15, -0.1) is 0 Å². The molecule has 5 heteroatoms. The Morgan fingerprint density at radius 2 is 2.33 bits per heavy atom. The molecular weight excluding hydrogens is 196 g/mol. The van der Waals surface area contributed by atoms with Gasteiger partial charge in [0.2, 0.25) is 0 Å². The van der Waals surface area contributed by atoms with Crippen molar-refractivity contribution in [2.75, 3.05) is 0 Å². The molecule has 0 aliphatic heterocycles. The summed E-state index contributed by atoms with van der Waals surface area (Å²) in [4.78, 5) is 22.4. The van der Waals surface area contributed by atoms with Crippen molar-refractivity contribution < 1.29 is 9.90 Å². The smallest absolute Gasteiger partial charge is 0.308 e. The van der Waals surface area contributed by atoms with Crippen molar-refractivity contribution >= 4 is 5.97 Å². The summed E-state index contributed by atoms with van der Waals surface area (Å²) in [7, 11) is 0. The van der Waals surface area contributed by atoms with Crippen molar-refractivity contribution in [3.63, 3.8) is 0 Å². The molecule has 0 amide bonds. The van der Waals surface area contributed by atoms with Crippen molar-refractivity contribution in [1.29, 1.82) is 0 Å². The van der Waals surface area contributed by atoms with Crippen LogP contribution in [-0.2, 0) is 4.79 Å². The molecule has 0 radical (unpaired) electrons. The number of aryl methyl sites for hydroxylation is 1. The van der Waals surface area contributed by atoms with Crippen molar-refractivity contribution in [2.45, 2.75) is 25.8 Å². The molecular formula is C10H12N2O3. The van der Waals surface area contributed by atoms with Crippen LogP contribution in [0.2, 0.25) is 0 Å². The molecule has 1 aliphatic rings. The van der Waals surface area contributed by atoms with Crippen LogP contribution < -0.4 is 5.56 Å². The van der Waals surface area contributed by atoms with E-state index >= 15 is 0 Å². The molecule has 1 heterocycles. The lowest BCUT2D eigenvalue weighted by molar-refractivity contribution is -0.147. The molecule has 2 unspecified atom stereocenters. The van der Waals surface area contributed by atoms with Crippen LogP contribution in [0.3, 0.4) is 0 Å². The molecule has 2 rings (SSSR count). The van der Waals surface area contributed by atoms with Crippen LogP contribution in [0, 0.1) is 12.8 Å². The minimum absolute atomic E-state index is 0.217. The Balaban J connectivity index is 2.31. The van der Waals surface area contributed by atoms with Crippen LogP contribution in [-0.4, -0.2) is 20.9 Å². The first-order valence-corrected chi connectivity index (χ1v) is 4.88. The number of rotatable bonds is 2. The highest BCUT2D eigenvalue weighted by Gasteiger charge is 2.38. The van der Waals surface area contributed by atoms with Gasteiger partial charge in [-0.05, 0) is 25.3 Å². The molecule has 2 atom stereocenters. The third-order valence-corrected chi connectivity index (χ3v) is 2.83. The highest BCUT2D eigenvalue weighted by atomic mass is 16.4. The normalized spacial score (nSPS) is 24.6. The van der Waals surface area contributed by atoms with Crippen LogP contribution in [0.5, 0.6) is 0 Å². The quantitative estimate of drug-likeness (QED) is 0.771. The Morgan fingerprint density at radius 3 is 2.80 bits per heavy atom. The summed E-state index contributed by atoms with van der Waals surface area (Å²) < 4.78 is 1.29. The molecule has 15 heavy (non-hydrogen) atoms. The van der Waals surface area contributed by atoms with E-state index in [1.165, 1.54) is 10.7 Å². The van der Waals surface area contributed by atoms with Crippen LogP contribution >= 0.6 is 0 Å². The van der Waals surface area contributed by atoms with E-state index in [0.29, 0.717) is 12.8 Å². The van der Waals surface area contributed by atoms with Gasteiger partial charge < -0.3 is 5.11 Å². The average Bonchev–Trinajstić information content (AvgIpc) is 2.06. The van der Waals surface area contributed by atoms with Gasteiger partial charge in [0, 0.05) is 6.07 Å². The van der Waals surface area contributed by atoms with E-state index < -0.39 is 11.9 Å². The predicted molar refractivity (Wildman–Crippen MR) is 52.6 cm³/mol. The molecule has 5 nitrogen and oxygen atoms in total. The van der Waals surface area contributed by atoms with E-state index in [-0.39, 0.29) is 11.6 Å². The molecule has 80 valence electrons. The number of carboxylic acids is 1. The first kappa shape index (κ1) is 9.89. The highest BCUT2D eigenvalue weighted by molar-refractivity contribution is 5.71. The number of carboxylic acid groups (broad SMARTS) is 1. The van der Waals surface area contributed by atoms with Gasteiger partial charge in [0.1, 0.15) is 0 Å². The van der Waals surface area contributed by atoms with Gasteiger partial charge in [0.25, 0.3) is 5.56 Å². The summed E-state index contributed by atoms with van der Waals surface area (Å²) >= 11 is 0. The SMILES string of the molecule is Cc1cnn(C2CCC2C(=O)O)c(=O)c1. The van der Waals surface area contributed by atoms with Crippen LogP contribution in [0.15, 0.2) is 17.1 Å². The molecule has 1 saturated carbocycles. The van der Waals surface area contributed by atoms with E-state index in [4.69, 9.17) is 5.11 Å². The van der Waals surface area contributed by atoms with E-state index in [2.05, 4.69) is 5.10 Å². The molecule has 0 bridgehead atoms. The first-order chi connectivity index (χ1) is 7.09. The van der Waals surface area contributed by atoms with Gasteiger partial charge in [-0.1, -0.05) is 0 Å². The van der Waals surface area contributed by atoms with Gasteiger partial charge in [-0.25, -0.2) is 4.68 Å². The van der Waals surface area contributed by atoms with Gasteiger partial charge in [0.15, 0.2) is 0 Å². The Hall–Kier alpha value is -1.65. The van der Waals surface area contributed by atoms with Gasteiger partial charge in [0.05, 0.1) is 18.2 Å². The molecule has 1 aromatic rings. The average molecular weight is 208 g/mol. The van der Waals surface area contributed by atoms with E-state index in [1.54, 1.807) is 13.1 Å². The third kappa shape index (κ3) is 1.65. The second-order valence-electron chi connectivity index (χ2n) is 3.91. The molecule has 0 spiro atoms. The van der Waals surface area contributed by atoms with E-state index in [1.807, 2.05) is 0 Å². The summed E-state index contributed by atoms with van der Waals surface area (Å²) in [6.45, 7) is 1.79. The van der Waals surface area contributed by atoms with Gasteiger partial charge in [-0.3, -0.25) is 9.59 Å². The topological polar surface area (TPSA) is 72.2 Å². The number of aromatic nitrogens is 2. The minimum Gasteiger partial charge on any atom is -0.481 e. The molecule has 0 aromatic carbocycles. The maximum Gasteiger partial charge on any atom is 0.308 e. The lowest BCUT2D eigenvalue weighted by atomic mass is 9.80. The zero-order chi connectivity index (χ0) is 11.0. The maximum atomic E-state index is 11.5. The Labute approximate surface area is 86.4 Å².